The number of hydrogen-bond donors (Lipinski definition) is 0. The van der Waals surface area contributed by atoms with Crippen molar-refractivity contribution < 1.29 is 35.8 Å². The van der Waals surface area contributed by atoms with E-state index in [1.165, 1.54) is 25.1 Å². The third-order valence-corrected chi connectivity index (χ3v) is 2.63. The van der Waals surface area contributed by atoms with Gasteiger partial charge in [0.25, 0.3) is 0 Å². The highest BCUT2D eigenvalue weighted by Gasteiger charge is 2.19. The molecule has 8 heteroatoms. The Balaban J connectivity index is 0.000000251. The SMILES string of the molecule is CC(C)Oc1c(F)cccc1F.CCOc1c(F)c(F)cc(F)c1F. The molecule has 2 nitrogen and oxygen atoms in total. The zero-order valence-electron chi connectivity index (χ0n) is 13.7. The quantitative estimate of drug-likeness (QED) is 0.533. The Bertz CT molecular complexity index is 672. The van der Waals surface area contributed by atoms with E-state index in [4.69, 9.17) is 4.74 Å². The molecule has 2 aromatic carbocycles. The van der Waals surface area contributed by atoms with Gasteiger partial charge < -0.3 is 9.47 Å². The normalized spacial score (nSPS) is 10.3. The Morgan fingerprint density at radius 1 is 0.800 bits per heavy atom. The van der Waals surface area contributed by atoms with E-state index >= 15 is 0 Å². The molecule has 0 spiro atoms. The average molecular weight is 366 g/mol. The second kappa shape index (κ2) is 9.19. The maximum absolute atomic E-state index is 12.8. The van der Waals surface area contributed by atoms with Crippen LogP contribution in [0.2, 0.25) is 0 Å². The van der Waals surface area contributed by atoms with Crippen LogP contribution in [0.25, 0.3) is 0 Å². The van der Waals surface area contributed by atoms with Crippen LogP contribution in [0.5, 0.6) is 11.5 Å². The zero-order chi connectivity index (χ0) is 19.1. The molecule has 2 rings (SSSR count). The molecular formula is C17H16F6O2. The van der Waals surface area contributed by atoms with Gasteiger partial charge in [-0.3, -0.25) is 0 Å². The van der Waals surface area contributed by atoms with Crippen molar-refractivity contribution in [3.63, 3.8) is 0 Å². The summed E-state index contributed by atoms with van der Waals surface area (Å²) in [5.41, 5.74) is 0. The number of ether oxygens (including phenoxy) is 2. The van der Waals surface area contributed by atoms with Gasteiger partial charge >= 0.3 is 0 Å². The lowest BCUT2D eigenvalue weighted by Gasteiger charge is -2.10. The fourth-order valence-electron chi connectivity index (χ4n) is 1.65. The lowest BCUT2D eigenvalue weighted by molar-refractivity contribution is 0.219. The molecule has 0 heterocycles. The summed E-state index contributed by atoms with van der Waals surface area (Å²) in [4.78, 5) is 0. The largest absolute Gasteiger partial charge is 0.488 e. The maximum atomic E-state index is 12.8. The zero-order valence-corrected chi connectivity index (χ0v) is 13.7. The van der Waals surface area contributed by atoms with Gasteiger partial charge in [0.05, 0.1) is 12.7 Å². The van der Waals surface area contributed by atoms with Gasteiger partial charge in [0.2, 0.25) is 11.6 Å². The van der Waals surface area contributed by atoms with Crippen molar-refractivity contribution in [1.82, 2.24) is 0 Å². The first-order valence-electron chi connectivity index (χ1n) is 7.25. The molecule has 25 heavy (non-hydrogen) atoms. The van der Waals surface area contributed by atoms with E-state index < -0.39 is 40.7 Å². The predicted octanol–water partition coefficient (Wildman–Crippen LogP) is 5.39. The van der Waals surface area contributed by atoms with Gasteiger partial charge in [-0.15, -0.1) is 0 Å². The lowest BCUT2D eigenvalue weighted by atomic mass is 10.3. The summed E-state index contributed by atoms with van der Waals surface area (Å²) in [5.74, 6) is -8.61. The number of benzene rings is 2. The number of para-hydroxylation sites is 1. The van der Waals surface area contributed by atoms with E-state index in [1.807, 2.05) is 0 Å². The summed E-state index contributed by atoms with van der Waals surface area (Å²) in [7, 11) is 0. The van der Waals surface area contributed by atoms with Gasteiger partial charge in [0.15, 0.2) is 34.8 Å². The standard InChI is InChI=1S/C9H10F2O.C8H6F4O/c1-6(2)12-9-7(10)4-3-5-8(9)11;1-2-13-8-6(11)4(9)3-5(10)7(8)12/h3-6H,1-2H3;3H,2H2,1H3. The van der Waals surface area contributed by atoms with Gasteiger partial charge in [-0.05, 0) is 32.9 Å². The van der Waals surface area contributed by atoms with Crippen molar-refractivity contribution >= 4 is 0 Å². The predicted molar refractivity (Wildman–Crippen MR) is 79.6 cm³/mol. The molecule has 0 radical (unpaired) electrons. The van der Waals surface area contributed by atoms with E-state index in [0.717, 1.165) is 0 Å². The van der Waals surface area contributed by atoms with Crippen LogP contribution in [0.1, 0.15) is 20.8 Å². The van der Waals surface area contributed by atoms with E-state index in [2.05, 4.69) is 4.74 Å². The van der Waals surface area contributed by atoms with E-state index in [9.17, 15) is 26.3 Å². The molecule has 0 aliphatic carbocycles. The highest BCUT2D eigenvalue weighted by atomic mass is 19.2. The Hall–Kier alpha value is -2.38. The summed E-state index contributed by atoms with van der Waals surface area (Å²) >= 11 is 0. The molecule has 0 bridgehead atoms. The summed E-state index contributed by atoms with van der Waals surface area (Å²) < 4.78 is 85.4. The van der Waals surface area contributed by atoms with Crippen LogP contribution in [-0.4, -0.2) is 12.7 Å². The highest BCUT2D eigenvalue weighted by Crippen LogP contribution is 2.26. The second-order valence-corrected chi connectivity index (χ2v) is 4.95. The van der Waals surface area contributed by atoms with Crippen LogP contribution >= 0.6 is 0 Å². The molecule has 0 aromatic heterocycles. The summed E-state index contributed by atoms with van der Waals surface area (Å²) in [5, 5.41) is 0. The van der Waals surface area contributed by atoms with Gasteiger partial charge in [0.1, 0.15) is 0 Å². The number of halogens is 6. The summed E-state index contributed by atoms with van der Waals surface area (Å²) in [6.07, 6.45) is -0.226. The molecule has 138 valence electrons. The maximum Gasteiger partial charge on any atom is 0.203 e. The van der Waals surface area contributed by atoms with E-state index in [1.54, 1.807) is 13.8 Å². The third-order valence-electron chi connectivity index (χ3n) is 2.63. The molecule has 0 saturated heterocycles. The van der Waals surface area contributed by atoms with Gasteiger partial charge in [-0.1, -0.05) is 6.07 Å². The van der Waals surface area contributed by atoms with E-state index in [-0.39, 0.29) is 24.5 Å². The Morgan fingerprint density at radius 3 is 1.68 bits per heavy atom. The Kier molecular flexibility index (Phi) is 7.60. The van der Waals surface area contributed by atoms with Gasteiger partial charge in [-0.2, -0.15) is 8.78 Å². The van der Waals surface area contributed by atoms with Crippen molar-refractivity contribution in [2.75, 3.05) is 6.61 Å². The molecule has 0 saturated carbocycles. The third kappa shape index (κ3) is 5.58. The van der Waals surface area contributed by atoms with Crippen LogP contribution in [0.3, 0.4) is 0 Å². The lowest BCUT2D eigenvalue weighted by Crippen LogP contribution is -2.08. The van der Waals surface area contributed by atoms with Gasteiger partial charge in [0, 0.05) is 6.07 Å². The molecule has 0 amide bonds. The molecule has 0 atom stereocenters. The smallest absolute Gasteiger partial charge is 0.203 e. The van der Waals surface area contributed by atoms with Crippen molar-refractivity contribution in [3.8, 4) is 11.5 Å². The monoisotopic (exact) mass is 366 g/mol. The van der Waals surface area contributed by atoms with Crippen molar-refractivity contribution in [2.24, 2.45) is 0 Å². The molecule has 0 aliphatic heterocycles. The summed E-state index contributed by atoms with van der Waals surface area (Å²) in [6.45, 7) is 4.80. The van der Waals surface area contributed by atoms with E-state index in [0.29, 0.717) is 0 Å². The highest BCUT2D eigenvalue weighted by molar-refractivity contribution is 5.28. The topological polar surface area (TPSA) is 18.5 Å². The fraction of sp³-hybridized carbons (Fsp3) is 0.294. The molecule has 0 aliphatic rings. The minimum Gasteiger partial charge on any atom is -0.488 e. The van der Waals surface area contributed by atoms with Crippen molar-refractivity contribution in [2.45, 2.75) is 26.9 Å². The minimum absolute atomic E-state index is 0.0727. The number of rotatable bonds is 4. The van der Waals surface area contributed by atoms with Crippen LogP contribution in [0, 0.1) is 34.9 Å². The molecule has 0 fully saturated rings. The van der Waals surface area contributed by atoms with Crippen molar-refractivity contribution in [3.05, 3.63) is 59.2 Å². The van der Waals surface area contributed by atoms with Crippen LogP contribution in [0.4, 0.5) is 26.3 Å². The van der Waals surface area contributed by atoms with Crippen LogP contribution in [0.15, 0.2) is 24.3 Å². The first-order valence-corrected chi connectivity index (χ1v) is 7.25. The minimum atomic E-state index is -1.51. The first kappa shape index (κ1) is 20.7. The first-order chi connectivity index (χ1) is 11.7. The second-order valence-electron chi connectivity index (χ2n) is 4.95. The van der Waals surface area contributed by atoms with Crippen LogP contribution in [-0.2, 0) is 0 Å². The number of hydrogen-bond acceptors (Lipinski definition) is 2. The molecule has 0 N–H and O–H groups in total. The van der Waals surface area contributed by atoms with Crippen molar-refractivity contribution in [1.29, 1.82) is 0 Å². The van der Waals surface area contributed by atoms with Crippen LogP contribution < -0.4 is 9.47 Å². The molecule has 2 aromatic rings. The fourth-order valence-corrected chi connectivity index (χ4v) is 1.65. The Morgan fingerprint density at radius 2 is 1.28 bits per heavy atom. The Labute approximate surface area is 141 Å². The molecule has 0 unspecified atom stereocenters. The summed E-state index contributed by atoms with van der Waals surface area (Å²) in [6, 6.07) is 3.77. The average Bonchev–Trinajstić information content (AvgIpc) is 2.54. The van der Waals surface area contributed by atoms with Gasteiger partial charge in [-0.25, -0.2) is 17.6 Å². The molecular weight excluding hydrogens is 350 g/mol.